The molecule has 0 aliphatic rings. The highest BCUT2D eigenvalue weighted by atomic mass is 35.5. The zero-order chi connectivity index (χ0) is 22.1. The van der Waals surface area contributed by atoms with Crippen molar-refractivity contribution >= 4 is 28.3 Å². The van der Waals surface area contributed by atoms with Crippen LogP contribution >= 0.6 is 11.6 Å². The van der Waals surface area contributed by atoms with E-state index in [1.807, 2.05) is 32.0 Å². The Labute approximate surface area is 183 Å². The van der Waals surface area contributed by atoms with Crippen LogP contribution in [-0.4, -0.2) is 15.0 Å². The van der Waals surface area contributed by atoms with Crippen molar-refractivity contribution in [2.75, 3.05) is 5.32 Å². The van der Waals surface area contributed by atoms with Gasteiger partial charge in [0.25, 0.3) is 0 Å². The van der Waals surface area contributed by atoms with Crippen molar-refractivity contribution in [2.45, 2.75) is 26.8 Å². The smallest absolute Gasteiger partial charge is 0.196 e. The van der Waals surface area contributed by atoms with Crippen molar-refractivity contribution in [3.63, 3.8) is 0 Å². The molecule has 0 bridgehead atoms. The van der Waals surface area contributed by atoms with Crippen LogP contribution < -0.4 is 10.7 Å². The first kappa shape index (κ1) is 20.5. The fourth-order valence-corrected chi connectivity index (χ4v) is 3.61. The molecule has 1 atom stereocenters. The van der Waals surface area contributed by atoms with Crippen LogP contribution in [0.2, 0.25) is 5.15 Å². The fraction of sp³-hybridized carbons (Fsp3) is 0.174. The van der Waals surface area contributed by atoms with Crippen LogP contribution in [0.5, 0.6) is 0 Å². The average molecular weight is 432 g/mol. The lowest BCUT2D eigenvalue weighted by atomic mass is 9.99. The molecule has 3 aromatic heterocycles. The van der Waals surface area contributed by atoms with Gasteiger partial charge in [0.05, 0.1) is 17.1 Å². The summed E-state index contributed by atoms with van der Waals surface area (Å²) in [6.45, 7) is 5.55. The van der Waals surface area contributed by atoms with Crippen molar-refractivity contribution in [2.24, 2.45) is 0 Å². The van der Waals surface area contributed by atoms with E-state index in [9.17, 15) is 10.1 Å². The van der Waals surface area contributed by atoms with Crippen molar-refractivity contribution in [3.8, 4) is 17.7 Å². The second-order valence-corrected chi connectivity index (χ2v) is 7.58. The summed E-state index contributed by atoms with van der Waals surface area (Å²) >= 11 is 5.90. The minimum absolute atomic E-state index is 0.133. The van der Waals surface area contributed by atoms with Gasteiger partial charge in [0.1, 0.15) is 16.8 Å². The summed E-state index contributed by atoms with van der Waals surface area (Å²) in [4.78, 5) is 25.7. The summed E-state index contributed by atoms with van der Waals surface area (Å²) in [7, 11) is 0. The maximum Gasteiger partial charge on any atom is 0.196 e. The molecule has 3 heterocycles. The van der Waals surface area contributed by atoms with Gasteiger partial charge in [-0.05, 0) is 50.6 Å². The van der Waals surface area contributed by atoms with E-state index in [2.05, 4.69) is 20.3 Å². The Kier molecular flexibility index (Phi) is 5.40. The molecule has 4 rings (SSSR count). The lowest BCUT2D eigenvalue weighted by Crippen LogP contribution is -2.13. The number of nitrogens with zero attached hydrogens (tertiary/aromatic N) is 4. The zero-order valence-electron chi connectivity index (χ0n) is 17.1. The Morgan fingerprint density at radius 2 is 1.94 bits per heavy atom. The normalized spacial score (nSPS) is 11.8. The predicted molar refractivity (Wildman–Crippen MR) is 119 cm³/mol. The summed E-state index contributed by atoms with van der Waals surface area (Å²) in [5, 5.41) is 13.4. The van der Waals surface area contributed by atoms with Crippen molar-refractivity contribution in [1.29, 1.82) is 5.26 Å². The quantitative estimate of drug-likeness (QED) is 0.455. The number of pyridine rings is 1. The number of halogens is 1. The molecule has 1 aromatic carbocycles. The Morgan fingerprint density at radius 3 is 2.65 bits per heavy atom. The molecule has 1 unspecified atom stereocenters. The zero-order valence-corrected chi connectivity index (χ0v) is 17.9. The Hall–Kier alpha value is -3.76. The lowest BCUT2D eigenvalue weighted by Gasteiger charge is -2.19. The summed E-state index contributed by atoms with van der Waals surface area (Å²) < 4.78 is 6.21. The van der Waals surface area contributed by atoms with Crippen molar-refractivity contribution < 1.29 is 4.42 Å². The summed E-state index contributed by atoms with van der Waals surface area (Å²) in [6, 6.07) is 10.5. The largest absolute Gasteiger partial charge is 0.452 e. The van der Waals surface area contributed by atoms with Crippen LogP contribution in [0, 0.1) is 25.2 Å². The van der Waals surface area contributed by atoms with E-state index in [4.69, 9.17) is 16.0 Å². The van der Waals surface area contributed by atoms with Crippen molar-refractivity contribution in [3.05, 3.63) is 80.5 Å². The lowest BCUT2D eigenvalue weighted by molar-refractivity contribution is 0.599. The average Bonchev–Trinajstić information content (AvgIpc) is 2.77. The van der Waals surface area contributed by atoms with Gasteiger partial charge in [-0.15, -0.1) is 0 Å². The summed E-state index contributed by atoms with van der Waals surface area (Å²) in [5.41, 5.74) is 3.17. The standard InChI is InChI=1S/C23H18ClN5O2/c1-12-9-15(14(3)28-17-5-6-19(24)29-18(17)11-25)22-16(10-12)20(30)13(2)21(31-22)23-26-7-4-8-27-23/h4-10,14,28H,1-3H3. The molecule has 0 aliphatic carbocycles. The van der Waals surface area contributed by atoms with Gasteiger partial charge in [-0.1, -0.05) is 17.7 Å². The maximum absolute atomic E-state index is 13.1. The third-order valence-electron chi connectivity index (χ3n) is 4.97. The first-order valence-electron chi connectivity index (χ1n) is 9.57. The Bertz CT molecular complexity index is 1390. The maximum atomic E-state index is 13.1. The van der Waals surface area contributed by atoms with E-state index in [-0.39, 0.29) is 22.3 Å². The molecule has 8 heteroatoms. The first-order chi connectivity index (χ1) is 14.9. The monoisotopic (exact) mass is 431 g/mol. The van der Waals surface area contributed by atoms with E-state index >= 15 is 0 Å². The molecule has 7 nitrogen and oxygen atoms in total. The summed E-state index contributed by atoms with van der Waals surface area (Å²) in [5.74, 6) is 0.682. The van der Waals surface area contributed by atoms with E-state index in [0.29, 0.717) is 33.8 Å². The van der Waals surface area contributed by atoms with E-state index < -0.39 is 0 Å². The number of anilines is 1. The van der Waals surface area contributed by atoms with Crippen LogP contribution in [0.1, 0.15) is 35.3 Å². The highest BCUT2D eigenvalue weighted by Crippen LogP contribution is 2.31. The number of rotatable bonds is 4. The number of aromatic nitrogens is 3. The van der Waals surface area contributed by atoms with Gasteiger partial charge >= 0.3 is 0 Å². The second-order valence-electron chi connectivity index (χ2n) is 7.20. The van der Waals surface area contributed by atoms with E-state index in [1.54, 1.807) is 37.5 Å². The third-order valence-corrected chi connectivity index (χ3v) is 5.18. The van der Waals surface area contributed by atoms with Gasteiger partial charge in [-0.2, -0.15) is 5.26 Å². The van der Waals surface area contributed by atoms with E-state index in [1.165, 1.54) is 0 Å². The molecule has 0 fully saturated rings. The minimum atomic E-state index is -0.298. The highest BCUT2D eigenvalue weighted by molar-refractivity contribution is 6.29. The molecular weight excluding hydrogens is 414 g/mol. The van der Waals surface area contributed by atoms with Gasteiger partial charge in [0.2, 0.25) is 0 Å². The van der Waals surface area contributed by atoms with E-state index in [0.717, 1.165) is 11.1 Å². The number of nitrogens with one attached hydrogen (secondary N) is 1. The number of fused-ring (bicyclic) bond motifs is 1. The molecule has 0 radical (unpaired) electrons. The SMILES string of the molecule is Cc1cc(C(C)Nc2ccc(Cl)nc2C#N)c2oc(-c3ncccn3)c(C)c(=O)c2c1. The van der Waals surface area contributed by atoms with Gasteiger partial charge < -0.3 is 9.73 Å². The molecular formula is C23H18ClN5O2. The number of hydrogen-bond acceptors (Lipinski definition) is 7. The summed E-state index contributed by atoms with van der Waals surface area (Å²) in [6.07, 6.45) is 3.20. The number of benzene rings is 1. The molecule has 0 aliphatic heterocycles. The number of nitriles is 1. The first-order valence-corrected chi connectivity index (χ1v) is 9.95. The fourth-order valence-electron chi connectivity index (χ4n) is 3.47. The van der Waals surface area contributed by atoms with Crippen LogP contribution in [0.4, 0.5) is 5.69 Å². The van der Waals surface area contributed by atoms with Crippen LogP contribution in [-0.2, 0) is 0 Å². The van der Waals surface area contributed by atoms with Crippen LogP contribution in [0.15, 0.2) is 51.9 Å². The molecule has 154 valence electrons. The van der Waals surface area contributed by atoms with Gasteiger partial charge in [0, 0.05) is 23.5 Å². The molecule has 4 aromatic rings. The molecule has 0 spiro atoms. The van der Waals surface area contributed by atoms with Crippen LogP contribution in [0.25, 0.3) is 22.6 Å². The highest BCUT2D eigenvalue weighted by Gasteiger charge is 2.20. The van der Waals surface area contributed by atoms with Gasteiger partial charge in [-0.25, -0.2) is 15.0 Å². The minimum Gasteiger partial charge on any atom is -0.452 e. The Morgan fingerprint density at radius 1 is 1.19 bits per heavy atom. The molecule has 1 N–H and O–H groups in total. The predicted octanol–water partition coefficient (Wildman–Crippen LogP) is 4.96. The van der Waals surface area contributed by atoms with Crippen LogP contribution in [0.3, 0.4) is 0 Å². The van der Waals surface area contributed by atoms with Gasteiger partial charge in [0.15, 0.2) is 22.7 Å². The third kappa shape index (κ3) is 3.86. The van der Waals surface area contributed by atoms with Crippen molar-refractivity contribution in [1.82, 2.24) is 15.0 Å². The Balaban J connectivity index is 1.89. The van der Waals surface area contributed by atoms with Gasteiger partial charge in [-0.3, -0.25) is 4.79 Å². The topological polar surface area (TPSA) is 105 Å². The molecule has 0 saturated heterocycles. The second kappa shape index (κ2) is 8.17. The molecule has 0 amide bonds. The number of hydrogen-bond donors (Lipinski definition) is 1. The number of aryl methyl sites for hydroxylation is 1. The molecule has 0 saturated carbocycles. The molecule has 31 heavy (non-hydrogen) atoms.